The lowest BCUT2D eigenvalue weighted by atomic mass is 10.3. The minimum atomic E-state index is -1.06. The summed E-state index contributed by atoms with van der Waals surface area (Å²) in [5.41, 5.74) is 0. The Kier molecular flexibility index (Phi) is 3.50. The monoisotopic (exact) mass is 215 g/mol. The summed E-state index contributed by atoms with van der Waals surface area (Å²) in [5.74, 6) is 0.808. The topological polar surface area (TPSA) is 42.2 Å². The van der Waals surface area contributed by atoms with Crippen LogP contribution in [0.4, 0.5) is 0 Å². The highest BCUT2D eigenvalue weighted by molar-refractivity contribution is 7.84. The Labute approximate surface area is 87.5 Å². The first-order valence-corrected chi connectivity index (χ1v) is 5.77. The van der Waals surface area contributed by atoms with Gasteiger partial charge in [0.1, 0.15) is 5.76 Å². The summed E-state index contributed by atoms with van der Waals surface area (Å²) in [5, 5.41) is 0. The van der Waals surface area contributed by atoms with Crippen LogP contribution in [0.2, 0.25) is 0 Å². The van der Waals surface area contributed by atoms with E-state index in [2.05, 4.69) is 4.72 Å². The summed E-state index contributed by atoms with van der Waals surface area (Å²) in [7, 11) is -1.06. The summed E-state index contributed by atoms with van der Waals surface area (Å²) < 4.78 is 19.7. The predicted molar refractivity (Wildman–Crippen MR) is 58.2 cm³/mol. The fraction of sp³-hybridized carbons (Fsp3) is 0.600. The molecule has 3 nitrogen and oxygen atoms in total. The number of hydrogen-bond acceptors (Lipinski definition) is 2. The van der Waals surface area contributed by atoms with Crippen LogP contribution in [0.25, 0.3) is 0 Å². The molecule has 0 radical (unpaired) electrons. The minimum absolute atomic E-state index is 0.0231. The Hall–Kier alpha value is -0.610. The predicted octanol–water partition coefficient (Wildman–Crippen LogP) is 2.39. The minimum Gasteiger partial charge on any atom is -0.468 e. The van der Waals surface area contributed by atoms with Crippen LogP contribution in [0.3, 0.4) is 0 Å². The molecule has 0 aromatic carbocycles. The zero-order chi connectivity index (χ0) is 10.8. The largest absolute Gasteiger partial charge is 0.468 e. The molecule has 14 heavy (non-hydrogen) atoms. The van der Waals surface area contributed by atoms with Gasteiger partial charge >= 0.3 is 0 Å². The molecule has 1 aromatic heterocycles. The first kappa shape index (κ1) is 11.5. The summed E-state index contributed by atoms with van der Waals surface area (Å²) >= 11 is 0. The van der Waals surface area contributed by atoms with Crippen LogP contribution in [0, 0.1) is 0 Å². The summed E-state index contributed by atoms with van der Waals surface area (Å²) in [6, 6.07) is 3.68. The van der Waals surface area contributed by atoms with E-state index in [0.29, 0.717) is 0 Å². The fourth-order valence-electron chi connectivity index (χ4n) is 0.933. The van der Waals surface area contributed by atoms with Crippen molar-refractivity contribution in [3.63, 3.8) is 0 Å². The molecule has 1 heterocycles. The molecule has 0 saturated carbocycles. The fourth-order valence-corrected chi connectivity index (χ4v) is 1.72. The Bertz CT molecular complexity index is 300. The van der Waals surface area contributed by atoms with E-state index in [4.69, 9.17) is 4.42 Å². The van der Waals surface area contributed by atoms with Gasteiger partial charge in [-0.2, -0.15) is 0 Å². The van der Waals surface area contributed by atoms with Gasteiger partial charge in [-0.15, -0.1) is 0 Å². The standard InChI is InChI=1S/C10H17NO2S/c1-8(9-6-5-7-13-9)11-14(12)10(2,3)4/h5-8,11H,1-4H3/t8-,14-/m1/s1. The molecular formula is C10H17NO2S. The third-order valence-electron chi connectivity index (χ3n) is 1.81. The second-order valence-corrected chi connectivity index (χ2v) is 6.23. The van der Waals surface area contributed by atoms with Gasteiger partial charge in [0, 0.05) is 0 Å². The molecule has 1 aromatic rings. The molecule has 0 aliphatic heterocycles. The van der Waals surface area contributed by atoms with Gasteiger partial charge < -0.3 is 4.42 Å². The molecule has 4 heteroatoms. The quantitative estimate of drug-likeness (QED) is 0.841. The number of hydrogen-bond donors (Lipinski definition) is 1. The Morgan fingerprint density at radius 1 is 1.50 bits per heavy atom. The van der Waals surface area contributed by atoms with Crippen molar-refractivity contribution in [3.05, 3.63) is 24.2 Å². The van der Waals surface area contributed by atoms with Crippen molar-refractivity contribution >= 4 is 11.0 Å². The van der Waals surface area contributed by atoms with Crippen LogP contribution in [0.1, 0.15) is 39.5 Å². The van der Waals surface area contributed by atoms with Crippen LogP contribution in [0.15, 0.2) is 22.8 Å². The van der Waals surface area contributed by atoms with E-state index < -0.39 is 11.0 Å². The van der Waals surface area contributed by atoms with Crippen molar-refractivity contribution in [3.8, 4) is 0 Å². The smallest absolute Gasteiger partial charge is 0.121 e. The van der Waals surface area contributed by atoms with E-state index in [0.717, 1.165) is 5.76 Å². The maximum absolute atomic E-state index is 11.7. The highest BCUT2D eigenvalue weighted by Gasteiger charge is 2.22. The lowest BCUT2D eigenvalue weighted by molar-refractivity contribution is 0.464. The Morgan fingerprint density at radius 2 is 2.14 bits per heavy atom. The summed E-state index contributed by atoms with van der Waals surface area (Å²) in [6.07, 6.45) is 1.62. The van der Waals surface area contributed by atoms with Crippen molar-refractivity contribution in [1.29, 1.82) is 0 Å². The zero-order valence-corrected chi connectivity index (χ0v) is 9.85. The van der Waals surface area contributed by atoms with E-state index in [1.54, 1.807) is 6.26 Å². The molecule has 0 aliphatic rings. The SMILES string of the molecule is C[C@@H](N[S@](=O)C(C)(C)C)c1ccco1. The average molecular weight is 215 g/mol. The van der Waals surface area contributed by atoms with Crippen LogP contribution < -0.4 is 4.72 Å². The van der Waals surface area contributed by atoms with Crippen molar-refractivity contribution in [2.24, 2.45) is 0 Å². The van der Waals surface area contributed by atoms with E-state index in [1.807, 2.05) is 39.8 Å². The van der Waals surface area contributed by atoms with E-state index >= 15 is 0 Å². The van der Waals surface area contributed by atoms with Gasteiger partial charge in [0.05, 0.1) is 28.0 Å². The third kappa shape index (κ3) is 2.96. The molecule has 1 N–H and O–H groups in total. The summed E-state index contributed by atoms with van der Waals surface area (Å²) in [4.78, 5) is 0. The van der Waals surface area contributed by atoms with Gasteiger partial charge in [-0.1, -0.05) is 0 Å². The van der Waals surface area contributed by atoms with Crippen molar-refractivity contribution in [1.82, 2.24) is 4.72 Å². The first-order chi connectivity index (χ1) is 6.41. The summed E-state index contributed by atoms with van der Waals surface area (Å²) in [6.45, 7) is 7.74. The highest BCUT2D eigenvalue weighted by atomic mass is 32.2. The van der Waals surface area contributed by atoms with Gasteiger partial charge in [0.25, 0.3) is 0 Å². The molecular weight excluding hydrogens is 198 g/mol. The van der Waals surface area contributed by atoms with Gasteiger partial charge in [0.15, 0.2) is 0 Å². The van der Waals surface area contributed by atoms with Gasteiger partial charge in [-0.25, -0.2) is 8.93 Å². The number of nitrogens with one attached hydrogen (secondary N) is 1. The molecule has 0 amide bonds. The van der Waals surface area contributed by atoms with Crippen LogP contribution in [0.5, 0.6) is 0 Å². The van der Waals surface area contributed by atoms with E-state index in [9.17, 15) is 4.21 Å². The lowest BCUT2D eigenvalue weighted by Crippen LogP contribution is -2.34. The zero-order valence-electron chi connectivity index (χ0n) is 9.03. The normalized spacial score (nSPS) is 16.6. The van der Waals surface area contributed by atoms with Crippen LogP contribution >= 0.6 is 0 Å². The van der Waals surface area contributed by atoms with Crippen molar-refractivity contribution in [2.45, 2.75) is 38.5 Å². The first-order valence-electron chi connectivity index (χ1n) is 4.62. The molecule has 0 fully saturated rings. The highest BCUT2D eigenvalue weighted by Crippen LogP contribution is 2.16. The Morgan fingerprint density at radius 3 is 2.57 bits per heavy atom. The maximum Gasteiger partial charge on any atom is 0.121 e. The second-order valence-electron chi connectivity index (χ2n) is 4.24. The number of rotatable bonds is 3. The van der Waals surface area contributed by atoms with Gasteiger partial charge in [0.2, 0.25) is 0 Å². The van der Waals surface area contributed by atoms with E-state index in [-0.39, 0.29) is 10.8 Å². The molecule has 1 rings (SSSR count). The lowest BCUT2D eigenvalue weighted by Gasteiger charge is -2.20. The molecule has 2 atom stereocenters. The molecule has 0 saturated heterocycles. The Balaban J connectivity index is 2.58. The maximum atomic E-state index is 11.7. The van der Waals surface area contributed by atoms with Gasteiger partial charge in [-0.05, 0) is 39.8 Å². The van der Waals surface area contributed by atoms with Crippen molar-refractivity contribution in [2.75, 3.05) is 0 Å². The van der Waals surface area contributed by atoms with Crippen molar-refractivity contribution < 1.29 is 8.63 Å². The second kappa shape index (κ2) is 4.28. The molecule has 80 valence electrons. The van der Waals surface area contributed by atoms with Crippen LogP contribution in [-0.4, -0.2) is 8.96 Å². The molecule has 0 unspecified atom stereocenters. The molecule has 0 aliphatic carbocycles. The molecule has 0 spiro atoms. The van der Waals surface area contributed by atoms with Gasteiger partial charge in [-0.3, -0.25) is 0 Å². The number of furan rings is 1. The molecule has 0 bridgehead atoms. The average Bonchev–Trinajstić information content (AvgIpc) is 2.53. The van der Waals surface area contributed by atoms with Crippen LogP contribution in [-0.2, 0) is 11.0 Å². The third-order valence-corrected chi connectivity index (χ3v) is 3.49. The van der Waals surface area contributed by atoms with E-state index in [1.165, 1.54) is 0 Å².